The number of hydrogen-bond donors (Lipinski definition) is 2. The fourth-order valence-corrected chi connectivity index (χ4v) is 4.23. The van der Waals surface area contributed by atoms with Gasteiger partial charge in [0.05, 0.1) is 6.04 Å². The average molecular weight is 409 g/mol. The first-order valence-corrected chi connectivity index (χ1v) is 10.9. The largest absolute Gasteiger partial charge is 0.444 e. The van der Waals surface area contributed by atoms with E-state index < -0.39 is 11.7 Å². The first-order chi connectivity index (χ1) is 13.5. The number of carbonyl (C=O) groups excluding carboxylic acids is 2. The van der Waals surface area contributed by atoms with Crippen molar-refractivity contribution < 1.29 is 19.5 Å². The summed E-state index contributed by atoms with van der Waals surface area (Å²) in [5.41, 5.74) is -0.548. The predicted molar refractivity (Wildman–Crippen MR) is 111 cm³/mol. The van der Waals surface area contributed by atoms with E-state index in [-0.39, 0.29) is 36.5 Å². The Bertz CT molecular complexity index is 571. The van der Waals surface area contributed by atoms with Crippen molar-refractivity contribution in [2.24, 2.45) is 5.92 Å². The maximum atomic E-state index is 12.4. The maximum absolute atomic E-state index is 12.4. The number of nitrogens with zero attached hydrogens (tertiary/aromatic N) is 1. The maximum Gasteiger partial charge on any atom is 0.408 e. The number of carbonyl (C=O) groups is 2. The first-order valence-electron chi connectivity index (χ1n) is 10.9. The molecule has 0 aromatic rings. The van der Waals surface area contributed by atoms with Gasteiger partial charge in [0.2, 0.25) is 5.91 Å². The van der Waals surface area contributed by atoms with Gasteiger partial charge in [0.25, 0.3) is 0 Å². The molecule has 2 heterocycles. The number of ether oxygens (including phenoxy) is 1. The van der Waals surface area contributed by atoms with Crippen LogP contribution in [0.5, 0.6) is 0 Å². The van der Waals surface area contributed by atoms with Crippen molar-refractivity contribution in [3.8, 4) is 0 Å². The smallest absolute Gasteiger partial charge is 0.408 e. The summed E-state index contributed by atoms with van der Waals surface area (Å²) < 4.78 is 5.33. The first kappa shape index (κ1) is 23.7. The summed E-state index contributed by atoms with van der Waals surface area (Å²) in [5.74, 6) is 0.356. The molecule has 2 N–H and O–H groups in total. The minimum atomic E-state index is -0.548. The van der Waals surface area contributed by atoms with Crippen molar-refractivity contribution in [1.29, 1.82) is 0 Å². The molecule has 1 unspecified atom stereocenters. The highest BCUT2D eigenvalue weighted by Crippen LogP contribution is 2.32. The zero-order valence-corrected chi connectivity index (χ0v) is 18.6. The number of rotatable bonds is 7. The second kappa shape index (κ2) is 10.4. The van der Waals surface area contributed by atoms with Crippen LogP contribution in [-0.2, 0) is 14.7 Å². The minimum absolute atomic E-state index is 0.0377. The Morgan fingerprint density at radius 3 is 2.34 bits per heavy atom. The summed E-state index contributed by atoms with van der Waals surface area (Å²) in [6.07, 6.45) is 8.71. The Kier molecular flexibility index (Phi) is 8.52. The van der Waals surface area contributed by atoms with Crippen LogP contribution in [0.3, 0.4) is 0 Å². The van der Waals surface area contributed by atoms with Gasteiger partial charge in [-0.1, -0.05) is 32.4 Å². The summed E-state index contributed by atoms with van der Waals surface area (Å²) >= 11 is 0. The molecule has 0 saturated carbocycles. The zero-order chi connectivity index (χ0) is 21.6. The van der Waals surface area contributed by atoms with Crippen molar-refractivity contribution in [3.05, 3.63) is 12.2 Å². The highest BCUT2D eigenvalue weighted by Gasteiger charge is 2.39. The zero-order valence-electron chi connectivity index (χ0n) is 18.6. The second-order valence-corrected chi connectivity index (χ2v) is 9.85. The molecule has 0 aromatic heterocycles. The van der Waals surface area contributed by atoms with Crippen LogP contribution in [0.4, 0.5) is 4.79 Å². The molecule has 2 aliphatic rings. The molecule has 1 radical (unpaired) electrons. The Balaban J connectivity index is 1.81. The van der Waals surface area contributed by atoms with Crippen LogP contribution in [-0.4, -0.2) is 46.8 Å². The third-order valence-corrected chi connectivity index (χ3v) is 5.37. The van der Waals surface area contributed by atoms with E-state index in [1.54, 1.807) is 0 Å². The molecule has 2 bridgehead atoms. The van der Waals surface area contributed by atoms with Crippen molar-refractivity contribution in [3.63, 3.8) is 0 Å². The molecule has 2 rings (SSSR count). The van der Waals surface area contributed by atoms with Crippen LogP contribution in [0.1, 0.15) is 79.6 Å². The Labute approximate surface area is 175 Å². The lowest BCUT2D eigenvalue weighted by molar-refractivity contribution is -0.246. The van der Waals surface area contributed by atoms with Gasteiger partial charge in [0.15, 0.2) is 0 Å². The van der Waals surface area contributed by atoms with Gasteiger partial charge in [-0.15, -0.1) is 10.3 Å². The molecular formula is C22H38N3O4. The molecule has 2 aliphatic heterocycles. The number of alkyl carbamates (subject to hydrolysis) is 1. The predicted octanol–water partition coefficient (Wildman–Crippen LogP) is 3.72. The summed E-state index contributed by atoms with van der Waals surface area (Å²) in [6, 6.07) is 0.0112. The van der Waals surface area contributed by atoms with Crippen molar-refractivity contribution in [2.45, 2.75) is 109 Å². The van der Waals surface area contributed by atoms with Gasteiger partial charge in [-0.05, 0) is 58.8 Å². The Morgan fingerprint density at radius 2 is 1.79 bits per heavy atom. The molecule has 165 valence electrons. The van der Waals surface area contributed by atoms with Gasteiger partial charge in [-0.3, -0.25) is 4.79 Å². The Morgan fingerprint density at radius 1 is 1.17 bits per heavy atom. The lowest BCUT2D eigenvalue weighted by Gasteiger charge is -2.43. The van der Waals surface area contributed by atoms with E-state index in [0.29, 0.717) is 5.92 Å². The molecule has 0 aliphatic carbocycles. The van der Waals surface area contributed by atoms with E-state index in [9.17, 15) is 14.8 Å². The number of amides is 2. The molecule has 7 nitrogen and oxygen atoms in total. The number of nitrogens with one attached hydrogen (secondary N) is 2. The van der Waals surface area contributed by atoms with Gasteiger partial charge in [0.1, 0.15) is 5.60 Å². The third-order valence-electron chi connectivity index (χ3n) is 5.37. The molecule has 29 heavy (non-hydrogen) atoms. The molecule has 0 spiro atoms. The standard InChI is InChI=1S/C22H38N3O4/c1-15(2)12-16(24-21(27)29-22(3,4)5)8-6-11-20(26)23-17-13-18-9-7-10-19(14-17)25(18)28/h6,8,15-19H,7,9-14H2,1-5H3,(H,23,26)(H,24,27)/b8-6+/t16-,17?,18-,19+/m1/s1. The number of hydroxylamine groups is 2. The van der Waals surface area contributed by atoms with E-state index >= 15 is 0 Å². The van der Waals surface area contributed by atoms with Crippen molar-refractivity contribution in [1.82, 2.24) is 15.7 Å². The van der Waals surface area contributed by atoms with Gasteiger partial charge in [0, 0.05) is 24.5 Å². The van der Waals surface area contributed by atoms with Gasteiger partial charge in [-0.25, -0.2) is 4.79 Å². The van der Waals surface area contributed by atoms with Crippen LogP contribution in [0, 0.1) is 5.92 Å². The summed E-state index contributed by atoms with van der Waals surface area (Å²) in [5, 5.41) is 19.3. The van der Waals surface area contributed by atoms with Crippen LogP contribution >= 0.6 is 0 Å². The van der Waals surface area contributed by atoms with Gasteiger partial charge >= 0.3 is 6.09 Å². The van der Waals surface area contributed by atoms with Crippen molar-refractivity contribution >= 4 is 12.0 Å². The highest BCUT2D eigenvalue weighted by molar-refractivity contribution is 5.77. The molecule has 2 amide bonds. The van der Waals surface area contributed by atoms with Crippen LogP contribution in [0.25, 0.3) is 0 Å². The highest BCUT2D eigenvalue weighted by atomic mass is 16.6. The molecule has 7 heteroatoms. The monoisotopic (exact) mass is 408 g/mol. The van der Waals surface area contributed by atoms with Crippen molar-refractivity contribution in [2.75, 3.05) is 0 Å². The summed E-state index contributed by atoms with van der Waals surface area (Å²) in [7, 11) is 0. The van der Waals surface area contributed by atoms with Gasteiger partial charge < -0.3 is 15.4 Å². The minimum Gasteiger partial charge on any atom is -0.444 e. The van der Waals surface area contributed by atoms with Crippen LogP contribution in [0.15, 0.2) is 12.2 Å². The van der Waals surface area contributed by atoms with E-state index in [1.807, 2.05) is 32.9 Å². The van der Waals surface area contributed by atoms with Crippen LogP contribution in [0.2, 0.25) is 0 Å². The number of hydrogen-bond acceptors (Lipinski definition) is 4. The quantitative estimate of drug-likeness (QED) is 0.628. The lowest BCUT2D eigenvalue weighted by atomic mass is 9.83. The molecule has 2 fully saturated rings. The third kappa shape index (κ3) is 8.34. The second-order valence-electron chi connectivity index (χ2n) is 9.85. The fraction of sp³-hybridized carbons (Fsp3) is 0.818. The van der Waals surface area contributed by atoms with Gasteiger partial charge in [-0.2, -0.15) is 0 Å². The average Bonchev–Trinajstić information content (AvgIpc) is 2.53. The SMILES string of the molecule is CC(C)C[C@@H](/C=C/CC(=O)NC1C[C@H]2CCC[C@@H](C1)N2[O])NC(=O)OC(C)(C)C. The van der Waals surface area contributed by atoms with E-state index in [1.165, 1.54) is 5.06 Å². The van der Waals surface area contributed by atoms with E-state index in [2.05, 4.69) is 24.5 Å². The molecule has 0 aromatic carbocycles. The topological polar surface area (TPSA) is 90.6 Å². The number of fused-ring (bicyclic) bond motifs is 2. The van der Waals surface area contributed by atoms with E-state index in [4.69, 9.17) is 4.74 Å². The van der Waals surface area contributed by atoms with E-state index in [0.717, 1.165) is 38.5 Å². The molecular weight excluding hydrogens is 370 g/mol. The Hall–Kier alpha value is -1.60. The van der Waals surface area contributed by atoms with Crippen LogP contribution < -0.4 is 10.6 Å². The normalized spacial score (nSPS) is 26.4. The number of piperidine rings is 2. The summed E-state index contributed by atoms with van der Waals surface area (Å²) in [6.45, 7) is 9.66. The molecule has 2 saturated heterocycles. The lowest BCUT2D eigenvalue weighted by Crippen LogP contribution is -2.55. The summed E-state index contributed by atoms with van der Waals surface area (Å²) in [4.78, 5) is 24.4. The molecule has 4 atom stereocenters. The fourth-order valence-electron chi connectivity index (χ4n) is 4.23.